The van der Waals surface area contributed by atoms with Crippen molar-refractivity contribution in [2.24, 2.45) is 0 Å². The maximum Gasteiger partial charge on any atom is 0.333 e. The molecule has 0 aliphatic carbocycles. The molecule has 0 atom stereocenters. The van der Waals surface area contributed by atoms with Gasteiger partial charge in [-0.05, 0) is 31.2 Å². The average molecular weight is 419 g/mol. The molecular weight excluding hydrogens is 398 g/mol. The van der Waals surface area contributed by atoms with Crippen LogP contribution in [0.1, 0.15) is 18.1 Å². The molecule has 0 saturated carbocycles. The number of hydrogen-bond donors (Lipinski definition) is 3. The molecule has 0 fully saturated rings. The Morgan fingerprint density at radius 1 is 1.13 bits per heavy atom. The van der Waals surface area contributed by atoms with Gasteiger partial charge in [0.2, 0.25) is 0 Å². The lowest BCUT2D eigenvalue weighted by molar-refractivity contribution is -0.140. The molecule has 2 aromatic rings. The normalized spacial score (nSPS) is 11.3. The van der Waals surface area contributed by atoms with Crippen LogP contribution >= 0.6 is 0 Å². The molecule has 3 N–H and O–H groups in total. The van der Waals surface area contributed by atoms with Crippen LogP contribution in [0.3, 0.4) is 0 Å². The van der Waals surface area contributed by atoms with E-state index >= 15 is 0 Å². The number of amides is 1. The first kappa shape index (κ1) is 21.5. The molecule has 158 valence electrons. The summed E-state index contributed by atoms with van der Waals surface area (Å²) in [5, 5.41) is 32.7. The van der Waals surface area contributed by atoms with Gasteiger partial charge in [-0.15, -0.1) is 0 Å². The molecule has 1 heterocycles. The van der Waals surface area contributed by atoms with Gasteiger partial charge in [-0.3, -0.25) is 4.79 Å². The quantitative estimate of drug-likeness (QED) is 0.330. The van der Waals surface area contributed by atoms with E-state index < -0.39 is 11.9 Å². The van der Waals surface area contributed by atoms with Crippen molar-refractivity contribution in [1.82, 2.24) is 4.90 Å². The average Bonchev–Trinajstić information content (AvgIpc) is 2.72. The molecule has 0 unspecified atom stereocenters. The van der Waals surface area contributed by atoms with Crippen LogP contribution in [0.4, 0.5) is 11.4 Å². The molecule has 0 spiro atoms. The van der Waals surface area contributed by atoms with E-state index in [1.54, 1.807) is 12.1 Å². The lowest BCUT2D eigenvalue weighted by Gasteiger charge is -2.26. The molecular formula is C23H21N3O5. The van der Waals surface area contributed by atoms with Crippen molar-refractivity contribution in [2.75, 3.05) is 25.5 Å². The van der Waals surface area contributed by atoms with Gasteiger partial charge in [0.25, 0.3) is 5.91 Å². The van der Waals surface area contributed by atoms with Gasteiger partial charge >= 0.3 is 5.97 Å². The van der Waals surface area contributed by atoms with Crippen LogP contribution in [-0.4, -0.2) is 47.2 Å². The Hall–Kier alpha value is -4.25. The van der Waals surface area contributed by atoms with E-state index in [1.165, 1.54) is 43.1 Å². The predicted molar refractivity (Wildman–Crippen MR) is 115 cm³/mol. The van der Waals surface area contributed by atoms with E-state index in [-0.39, 0.29) is 35.8 Å². The van der Waals surface area contributed by atoms with Gasteiger partial charge in [-0.25, -0.2) is 4.79 Å². The van der Waals surface area contributed by atoms with Gasteiger partial charge in [-0.2, -0.15) is 5.26 Å². The molecule has 1 aliphatic heterocycles. The second-order valence-corrected chi connectivity index (χ2v) is 7.09. The number of ether oxygens (including phenoxy) is 1. The molecule has 3 rings (SSSR count). The van der Waals surface area contributed by atoms with Crippen molar-refractivity contribution in [3.8, 4) is 17.6 Å². The van der Waals surface area contributed by atoms with Crippen molar-refractivity contribution in [1.29, 1.82) is 5.26 Å². The summed E-state index contributed by atoms with van der Waals surface area (Å²) in [5.41, 5.74) is 2.61. The Labute approximate surface area is 179 Å². The lowest BCUT2D eigenvalue weighted by atomic mass is 9.87. The maximum atomic E-state index is 13.1. The Balaban J connectivity index is 2.02. The topological polar surface area (TPSA) is 123 Å². The van der Waals surface area contributed by atoms with Crippen molar-refractivity contribution in [3.63, 3.8) is 0 Å². The number of phenolic OH excluding ortho intramolecular Hbond substituents is 2. The summed E-state index contributed by atoms with van der Waals surface area (Å²) in [7, 11) is 1.51. The summed E-state index contributed by atoms with van der Waals surface area (Å²) >= 11 is 0. The molecule has 0 aromatic heterocycles. The molecule has 1 amide bonds. The third kappa shape index (κ3) is 4.36. The number of nitriles is 1. The van der Waals surface area contributed by atoms with E-state index in [2.05, 4.69) is 11.9 Å². The third-order valence-electron chi connectivity index (χ3n) is 4.74. The minimum Gasteiger partial charge on any atom is -0.508 e. The molecule has 1 aliphatic rings. The van der Waals surface area contributed by atoms with E-state index in [0.29, 0.717) is 28.1 Å². The number of anilines is 2. The molecule has 2 aromatic carbocycles. The molecule has 8 heteroatoms. The first-order valence-electron chi connectivity index (χ1n) is 9.39. The van der Waals surface area contributed by atoms with Gasteiger partial charge < -0.3 is 25.2 Å². The van der Waals surface area contributed by atoms with Gasteiger partial charge in [0.15, 0.2) is 0 Å². The first-order valence-corrected chi connectivity index (χ1v) is 9.39. The van der Waals surface area contributed by atoms with Crippen LogP contribution in [-0.2, 0) is 14.3 Å². The number of benzene rings is 2. The summed E-state index contributed by atoms with van der Waals surface area (Å²) in [5.74, 6) is -1.09. The van der Waals surface area contributed by atoms with E-state index in [9.17, 15) is 25.1 Å². The number of hydrogen-bond acceptors (Lipinski definition) is 7. The summed E-state index contributed by atoms with van der Waals surface area (Å²) in [6, 6.07) is 11.1. The number of nitrogens with one attached hydrogen (secondary N) is 1. The molecule has 31 heavy (non-hydrogen) atoms. The lowest BCUT2D eigenvalue weighted by Crippen LogP contribution is -2.32. The Morgan fingerprint density at radius 3 is 2.16 bits per heavy atom. The summed E-state index contributed by atoms with van der Waals surface area (Å²) in [6.07, 6.45) is 0. The van der Waals surface area contributed by atoms with Crippen LogP contribution in [0.5, 0.6) is 11.5 Å². The van der Waals surface area contributed by atoms with E-state index in [4.69, 9.17) is 4.74 Å². The SMILES string of the molecule is C=C(C)C(=O)OCCN(C)C(=O)C(C#N)=C1c2ccc(O)cc2Nc2cc(O)ccc21. The Bertz CT molecular complexity index is 1110. The fraction of sp³-hybridized carbons (Fsp3) is 0.174. The number of likely N-dealkylation sites (N-methyl/N-ethyl adjacent to an activating group) is 1. The van der Waals surface area contributed by atoms with Gasteiger partial charge in [-0.1, -0.05) is 6.58 Å². The highest BCUT2D eigenvalue weighted by Gasteiger charge is 2.28. The second kappa shape index (κ2) is 8.63. The minimum absolute atomic E-state index is 0.00971. The summed E-state index contributed by atoms with van der Waals surface area (Å²) < 4.78 is 5.03. The summed E-state index contributed by atoms with van der Waals surface area (Å²) in [6.45, 7) is 5.06. The molecule has 0 saturated heterocycles. The fourth-order valence-electron chi connectivity index (χ4n) is 3.17. The van der Waals surface area contributed by atoms with Crippen LogP contribution in [0.25, 0.3) is 5.57 Å². The number of nitrogens with zero attached hydrogens (tertiary/aromatic N) is 2. The number of carbonyl (C=O) groups is 2. The van der Waals surface area contributed by atoms with Crippen molar-refractivity contribution < 1.29 is 24.5 Å². The summed E-state index contributed by atoms with van der Waals surface area (Å²) in [4.78, 5) is 25.9. The smallest absolute Gasteiger partial charge is 0.333 e. The Morgan fingerprint density at radius 2 is 1.68 bits per heavy atom. The van der Waals surface area contributed by atoms with Crippen LogP contribution < -0.4 is 5.32 Å². The third-order valence-corrected chi connectivity index (χ3v) is 4.74. The largest absolute Gasteiger partial charge is 0.508 e. The number of esters is 1. The number of aromatic hydroxyl groups is 2. The zero-order valence-corrected chi connectivity index (χ0v) is 17.1. The number of rotatable bonds is 5. The minimum atomic E-state index is -0.555. The van der Waals surface area contributed by atoms with Crippen molar-refractivity contribution in [2.45, 2.75) is 6.92 Å². The number of fused-ring (bicyclic) bond motifs is 2. The highest BCUT2D eigenvalue weighted by atomic mass is 16.5. The van der Waals surface area contributed by atoms with E-state index in [0.717, 1.165) is 0 Å². The molecule has 0 bridgehead atoms. The highest BCUT2D eigenvalue weighted by Crippen LogP contribution is 2.44. The van der Waals surface area contributed by atoms with Crippen molar-refractivity contribution >= 4 is 28.8 Å². The standard InChI is InChI=1S/C23H21N3O5/c1-13(2)23(30)31-9-8-26(3)22(29)18(12-24)21-16-6-4-14(27)10-19(16)25-20-11-15(28)5-7-17(20)21/h4-7,10-11,25,27-28H,1,8-9H2,2-3H3. The zero-order chi connectivity index (χ0) is 22.7. The predicted octanol–water partition coefficient (Wildman–Crippen LogP) is 3.06. The Kier molecular flexibility index (Phi) is 5.97. The monoisotopic (exact) mass is 419 g/mol. The zero-order valence-electron chi connectivity index (χ0n) is 17.1. The molecule has 8 nitrogen and oxygen atoms in total. The van der Waals surface area contributed by atoms with Gasteiger partial charge in [0.1, 0.15) is 29.7 Å². The van der Waals surface area contributed by atoms with Gasteiger partial charge in [0, 0.05) is 41.5 Å². The first-order chi connectivity index (χ1) is 14.7. The number of phenols is 2. The highest BCUT2D eigenvalue weighted by molar-refractivity contribution is 6.12. The second-order valence-electron chi connectivity index (χ2n) is 7.09. The van der Waals surface area contributed by atoms with Gasteiger partial charge in [0.05, 0.1) is 17.9 Å². The molecule has 0 radical (unpaired) electrons. The fourth-order valence-corrected chi connectivity index (χ4v) is 3.17. The number of carbonyl (C=O) groups excluding carboxylic acids is 2. The van der Waals surface area contributed by atoms with Crippen LogP contribution in [0, 0.1) is 11.3 Å². The van der Waals surface area contributed by atoms with Crippen LogP contribution in [0.2, 0.25) is 0 Å². The maximum absolute atomic E-state index is 13.1. The van der Waals surface area contributed by atoms with Crippen LogP contribution in [0.15, 0.2) is 54.1 Å². The van der Waals surface area contributed by atoms with Crippen molar-refractivity contribution in [3.05, 3.63) is 65.3 Å². The van der Waals surface area contributed by atoms with E-state index in [1.807, 2.05) is 6.07 Å².